The van der Waals surface area contributed by atoms with Crippen molar-refractivity contribution in [1.29, 1.82) is 0 Å². The number of anilines is 1. The van der Waals surface area contributed by atoms with Crippen LogP contribution in [0.25, 0.3) is 22.5 Å². The molecule has 0 saturated heterocycles. The van der Waals surface area contributed by atoms with E-state index in [0.717, 1.165) is 5.56 Å². The number of carbonyl (C=O) groups is 1. The fraction of sp³-hybridized carbons (Fsp3) is 0.0833. The summed E-state index contributed by atoms with van der Waals surface area (Å²) in [6.45, 7) is 1.98. The molecule has 33 heavy (non-hydrogen) atoms. The minimum atomic E-state index is -0.448. The molecule has 0 bridgehead atoms. The van der Waals surface area contributed by atoms with E-state index in [1.807, 2.05) is 24.3 Å². The van der Waals surface area contributed by atoms with Gasteiger partial charge in [-0.1, -0.05) is 28.9 Å². The molecule has 3 heterocycles. The summed E-state index contributed by atoms with van der Waals surface area (Å²) in [6.07, 6.45) is 3.32. The van der Waals surface area contributed by atoms with Gasteiger partial charge in [-0.2, -0.15) is 0 Å². The molecule has 4 aromatic rings. The van der Waals surface area contributed by atoms with Gasteiger partial charge in [-0.3, -0.25) is 4.79 Å². The van der Waals surface area contributed by atoms with Crippen molar-refractivity contribution in [3.63, 3.8) is 0 Å². The highest BCUT2D eigenvalue weighted by Gasteiger charge is 2.31. The highest BCUT2D eigenvalue weighted by atomic mass is 35.5. The Balaban J connectivity index is 1.46. The Morgan fingerprint density at radius 3 is 2.58 bits per heavy atom. The minimum absolute atomic E-state index is 0.0990. The first kappa shape index (κ1) is 20.7. The molecular weight excluding hydrogens is 444 g/mol. The van der Waals surface area contributed by atoms with Crippen LogP contribution in [0.2, 0.25) is 5.02 Å². The van der Waals surface area contributed by atoms with E-state index >= 15 is 0 Å². The van der Waals surface area contributed by atoms with E-state index in [0.29, 0.717) is 39.1 Å². The molecular formula is C24H17ClN4O4. The maximum absolute atomic E-state index is 12.6. The van der Waals surface area contributed by atoms with Crippen LogP contribution in [0, 0.1) is 6.92 Å². The Hall–Kier alpha value is -4.17. The summed E-state index contributed by atoms with van der Waals surface area (Å²) < 4.78 is 10.9. The monoisotopic (exact) mass is 460 g/mol. The van der Waals surface area contributed by atoms with Gasteiger partial charge in [-0.05, 0) is 42.8 Å². The van der Waals surface area contributed by atoms with Gasteiger partial charge in [0.2, 0.25) is 5.76 Å². The van der Waals surface area contributed by atoms with Crippen LogP contribution in [0.15, 0.2) is 65.4 Å². The lowest BCUT2D eigenvalue weighted by atomic mass is 9.98. The van der Waals surface area contributed by atoms with E-state index < -0.39 is 5.91 Å². The van der Waals surface area contributed by atoms with Crippen molar-refractivity contribution in [1.82, 2.24) is 15.1 Å². The van der Waals surface area contributed by atoms with Gasteiger partial charge in [-0.25, -0.2) is 9.97 Å². The van der Waals surface area contributed by atoms with Crippen LogP contribution in [0.1, 0.15) is 22.8 Å². The molecule has 1 aliphatic heterocycles. The van der Waals surface area contributed by atoms with Gasteiger partial charge in [-0.15, -0.1) is 0 Å². The summed E-state index contributed by atoms with van der Waals surface area (Å²) in [7, 11) is 0. The number of aromatic nitrogens is 3. The summed E-state index contributed by atoms with van der Waals surface area (Å²) >= 11 is 6.51. The number of nitrogens with zero attached hydrogens (tertiary/aromatic N) is 3. The van der Waals surface area contributed by atoms with E-state index in [2.05, 4.69) is 20.4 Å². The molecule has 2 aromatic heterocycles. The second kappa shape index (κ2) is 8.40. The Kier molecular flexibility index (Phi) is 5.27. The normalized spacial score (nSPS) is 14.1. The van der Waals surface area contributed by atoms with Crippen LogP contribution < -0.4 is 10.1 Å². The van der Waals surface area contributed by atoms with Crippen LogP contribution >= 0.6 is 11.6 Å². The van der Waals surface area contributed by atoms with Crippen LogP contribution in [0.3, 0.4) is 0 Å². The van der Waals surface area contributed by atoms with E-state index in [1.54, 1.807) is 43.6 Å². The zero-order valence-corrected chi connectivity index (χ0v) is 18.1. The summed E-state index contributed by atoms with van der Waals surface area (Å²) in [5.41, 5.74) is 3.24. The summed E-state index contributed by atoms with van der Waals surface area (Å²) in [5.74, 6) is 0.621. The Bertz CT molecular complexity index is 1380. The lowest BCUT2D eigenvalue weighted by Crippen LogP contribution is -2.05. The number of nitrogens with one attached hydrogen (secondary N) is 1. The molecule has 0 radical (unpaired) electrons. The van der Waals surface area contributed by atoms with Gasteiger partial charge in [0.05, 0.1) is 22.0 Å². The molecule has 9 heteroatoms. The number of carbonyl (C=O) groups excluding carboxylic acids is 1. The van der Waals surface area contributed by atoms with Crippen LogP contribution in [0.4, 0.5) is 5.69 Å². The SMILES string of the molecule is Cc1cc(C(O)=C2C(=O)Nc3cc(Cl)c(-c4ccc(OCc5ncccn5)cc4)cc32)on1. The maximum atomic E-state index is 12.6. The third-order valence-electron chi connectivity index (χ3n) is 5.10. The number of fused-ring (bicyclic) bond motifs is 1. The Morgan fingerprint density at radius 1 is 1.12 bits per heavy atom. The van der Waals surface area contributed by atoms with Crippen molar-refractivity contribution in [2.45, 2.75) is 13.5 Å². The van der Waals surface area contributed by atoms with E-state index in [1.165, 1.54) is 0 Å². The Labute approximate surface area is 193 Å². The molecule has 0 saturated carbocycles. The average molecular weight is 461 g/mol. The number of aliphatic hydroxyl groups is 1. The number of halogens is 1. The van der Waals surface area contributed by atoms with E-state index in [4.69, 9.17) is 20.9 Å². The molecule has 0 aliphatic carbocycles. The number of rotatable bonds is 5. The first-order valence-electron chi connectivity index (χ1n) is 10.0. The van der Waals surface area contributed by atoms with Crippen LogP contribution in [0.5, 0.6) is 5.75 Å². The van der Waals surface area contributed by atoms with E-state index in [9.17, 15) is 9.90 Å². The zero-order chi connectivity index (χ0) is 22.9. The quantitative estimate of drug-likeness (QED) is 0.316. The van der Waals surface area contributed by atoms with Crippen molar-refractivity contribution in [2.75, 3.05) is 5.32 Å². The smallest absolute Gasteiger partial charge is 0.260 e. The van der Waals surface area contributed by atoms with Crippen molar-refractivity contribution >= 4 is 34.5 Å². The lowest BCUT2D eigenvalue weighted by molar-refractivity contribution is -0.110. The van der Waals surface area contributed by atoms with Gasteiger partial charge >= 0.3 is 0 Å². The maximum Gasteiger partial charge on any atom is 0.260 e. The number of benzene rings is 2. The molecule has 8 nitrogen and oxygen atoms in total. The fourth-order valence-corrected chi connectivity index (χ4v) is 3.80. The largest absolute Gasteiger partial charge is 0.504 e. The number of hydrogen-bond acceptors (Lipinski definition) is 7. The highest BCUT2D eigenvalue weighted by Crippen LogP contribution is 2.42. The van der Waals surface area contributed by atoms with E-state index in [-0.39, 0.29) is 23.7 Å². The number of hydrogen-bond donors (Lipinski definition) is 2. The van der Waals surface area contributed by atoms with Gasteiger partial charge in [0, 0.05) is 29.6 Å². The first-order valence-corrected chi connectivity index (χ1v) is 10.4. The zero-order valence-electron chi connectivity index (χ0n) is 17.4. The molecule has 0 spiro atoms. The molecule has 0 fully saturated rings. The standard InChI is InChI=1S/C24H17ClN4O4/c1-13-9-20(33-29-13)23(30)22-17-10-16(18(25)11-19(17)28-24(22)31)14-3-5-15(6-4-14)32-12-21-26-7-2-8-27-21/h2-11,30H,12H2,1H3,(H,28,31). The van der Waals surface area contributed by atoms with Gasteiger partial charge in [0.25, 0.3) is 5.91 Å². The van der Waals surface area contributed by atoms with Gasteiger partial charge < -0.3 is 19.7 Å². The predicted molar refractivity (Wildman–Crippen MR) is 123 cm³/mol. The molecule has 2 N–H and O–H groups in total. The third-order valence-corrected chi connectivity index (χ3v) is 5.42. The molecule has 164 valence electrons. The summed E-state index contributed by atoms with van der Waals surface area (Å²) in [6, 6.07) is 14.1. The first-order chi connectivity index (χ1) is 16.0. The van der Waals surface area contributed by atoms with Crippen LogP contribution in [-0.2, 0) is 11.4 Å². The summed E-state index contributed by atoms with van der Waals surface area (Å²) in [5, 5.41) is 17.7. The molecule has 1 amide bonds. The van der Waals surface area contributed by atoms with Crippen LogP contribution in [-0.4, -0.2) is 26.1 Å². The van der Waals surface area contributed by atoms with Gasteiger partial charge in [0.15, 0.2) is 11.6 Å². The third kappa shape index (κ3) is 4.04. The van der Waals surface area contributed by atoms with Crippen molar-refractivity contribution in [3.8, 4) is 16.9 Å². The number of aliphatic hydroxyl groups excluding tert-OH is 1. The molecule has 0 atom stereocenters. The number of amides is 1. The molecule has 1 aliphatic rings. The van der Waals surface area contributed by atoms with Crippen molar-refractivity contribution < 1.29 is 19.2 Å². The summed E-state index contributed by atoms with van der Waals surface area (Å²) in [4.78, 5) is 20.8. The number of ether oxygens (including phenoxy) is 1. The lowest BCUT2D eigenvalue weighted by Gasteiger charge is -2.10. The highest BCUT2D eigenvalue weighted by molar-refractivity contribution is 6.38. The van der Waals surface area contributed by atoms with Crippen molar-refractivity contribution in [3.05, 3.63) is 88.8 Å². The fourth-order valence-electron chi connectivity index (χ4n) is 3.53. The minimum Gasteiger partial charge on any atom is -0.504 e. The molecule has 0 unspecified atom stereocenters. The predicted octanol–water partition coefficient (Wildman–Crippen LogP) is 5.05. The second-order valence-electron chi connectivity index (χ2n) is 7.37. The Morgan fingerprint density at radius 2 is 1.88 bits per heavy atom. The average Bonchev–Trinajstić information content (AvgIpc) is 3.40. The van der Waals surface area contributed by atoms with Gasteiger partial charge in [0.1, 0.15) is 12.4 Å². The second-order valence-corrected chi connectivity index (χ2v) is 7.77. The number of aryl methyl sites for hydroxylation is 1. The topological polar surface area (TPSA) is 110 Å². The molecule has 5 rings (SSSR count). The molecule has 2 aromatic carbocycles. The van der Waals surface area contributed by atoms with Crippen molar-refractivity contribution in [2.24, 2.45) is 0 Å².